The molecular formula is C17H17N3O8S. The van der Waals surface area contributed by atoms with E-state index >= 15 is 0 Å². The Hall–Kier alpha value is -3.51. The Morgan fingerprint density at radius 3 is 2.38 bits per heavy atom. The largest absolute Gasteiger partial charge is 0.481 e. The number of anilines is 1. The number of nitrogens with two attached hydrogens (primary N) is 1. The molecular weight excluding hydrogens is 406 g/mol. The Morgan fingerprint density at radius 1 is 1.17 bits per heavy atom. The number of primary sulfonamides is 1. The van der Waals surface area contributed by atoms with Gasteiger partial charge < -0.3 is 9.84 Å². The molecule has 154 valence electrons. The number of nitrogens with zero attached hydrogens (tertiary/aromatic N) is 2. The lowest BCUT2D eigenvalue weighted by Crippen LogP contribution is -2.34. The predicted molar refractivity (Wildman–Crippen MR) is 101 cm³/mol. The van der Waals surface area contributed by atoms with Crippen LogP contribution in [0.4, 0.5) is 16.2 Å². The number of hydrogen-bond acceptors (Lipinski definition) is 7. The van der Waals surface area contributed by atoms with E-state index in [9.17, 15) is 28.1 Å². The van der Waals surface area contributed by atoms with Gasteiger partial charge in [0.15, 0.2) is 0 Å². The Labute approximate surface area is 165 Å². The van der Waals surface area contributed by atoms with Gasteiger partial charge in [0.05, 0.1) is 16.2 Å². The van der Waals surface area contributed by atoms with Gasteiger partial charge in [-0.1, -0.05) is 30.3 Å². The minimum absolute atomic E-state index is 0.147. The maximum Gasteiger partial charge on any atom is 0.414 e. The molecule has 0 aliphatic heterocycles. The molecule has 0 aliphatic rings. The molecule has 0 saturated carbocycles. The number of carbonyl (C=O) groups is 2. The number of hydrogen-bond donors (Lipinski definition) is 2. The van der Waals surface area contributed by atoms with Crippen LogP contribution in [0, 0.1) is 10.1 Å². The van der Waals surface area contributed by atoms with E-state index in [-0.39, 0.29) is 12.3 Å². The number of nitro groups is 1. The second-order valence-electron chi connectivity index (χ2n) is 5.79. The van der Waals surface area contributed by atoms with Crippen LogP contribution in [0.1, 0.15) is 12.0 Å². The van der Waals surface area contributed by atoms with Crippen LogP contribution < -0.4 is 10.0 Å². The Kier molecular flexibility index (Phi) is 6.85. The molecule has 2 aromatic carbocycles. The molecule has 2 rings (SSSR count). The number of aliphatic carboxylic acids is 1. The van der Waals surface area contributed by atoms with Crippen molar-refractivity contribution in [3.8, 4) is 0 Å². The summed E-state index contributed by atoms with van der Waals surface area (Å²) in [6.45, 7) is -0.579. The second-order valence-corrected chi connectivity index (χ2v) is 7.35. The fraction of sp³-hybridized carbons (Fsp3) is 0.176. The summed E-state index contributed by atoms with van der Waals surface area (Å²) < 4.78 is 28.1. The minimum atomic E-state index is -4.23. The Morgan fingerprint density at radius 2 is 1.83 bits per heavy atom. The van der Waals surface area contributed by atoms with Crippen molar-refractivity contribution in [2.75, 3.05) is 11.4 Å². The number of benzene rings is 2. The molecule has 0 heterocycles. The van der Waals surface area contributed by atoms with E-state index in [4.69, 9.17) is 15.0 Å². The number of carbonyl (C=O) groups excluding carboxylic acids is 1. The van der Waals surface area contributed by atoms with Gasteiger partial charge in [-0.25, -0.2) is 18.4 Å². The molecule has 12 heteroatoms. The van der Waals surface area contributed by atoms with E-state index in [0.717, 1.165) is 17.0 Å². The molecule has 0 bridgehead atoms. The van der Waals surface area contributed by atoms with Crippen molar-refractivity contribution >= 4 is 33.5 Å². The highest BCUT2D eigenvalue weighted by atomic mass is 32.2. The number of sulfonamides is 1. The van der Waals surface area contributed by atoms with E-state index in [2.05, 4.69) is 0 Å². The SMILES string of the molecule is NS(=O)(=O)c1ccc(N(CCC(=O)O)C(=O)OCc2ccccc2)c([N+](=O)[O-])c1. The molecule has 0 saturated heterocycles. The average Bonchev–Trinajstić information content (AvgIpc) is 2.66. The first-order valence-electron chi connectivity index (χ1n) is 8.11. The van der Waals surface area contributed by atoms with E-state index < -0.39 is 50.6 Å². The van der Waals surface area contributed by atoms with Gasteiger partial charge in [-0.05, 0) is 17.7 Å². The van der Waals surface area contributed by atoms with Crippen molar-refractivity contribution in [2.45, 2.75) is 17.9 Å². The maximum atomic E-state index is 12.5. The van der Waals surface area contributed by atoms with Gasteiger partial charge in [-0.2, -0.15) is 0 Å². The third kappa shape index (κ3) is 5.99. The summed E-state index contributed by atoms with van der Waals surface area (Å²) in [5.74, 6) is -1.24. The lowest BCUT2D eigenvalue weighted by molar-refractivity contribution is -0.384. The standard InChI is InChI=1S/C17H17N3O8S/c18-29(26,27)13-6-7-14(15(10-13)20(24)25)19(9-8-16(21)22)17(23)28-11-12-4-2-1-3-5-12/h1-7,10H,8-9,11H2,(H,21,22)(H2,18,26,27). The fourth-order valence-corrected chi connectivity index (χ4v) is 2.90. The van der Waals surface area contributed by atoms with Gasteiger partial charge in [-0.15, -0.1) is 0 Å². The summed E-state index contributed by atoms with van der Waals surface area (Å²) in [5, 5.41) is 25.3. The Balaban J connectivity index is 2.38. The first kappa shape index (κ1) is 21.8. The van der Waals surface area contributed by atoms with Gasteiger partial charge in [-0.3, -0.25) is 19.8 Å². The third-order valence-corrected chi connectivity index (χ3v) is 4.65. The lowest BCUT2D eigenvalue weighted by atomic mass is 10.2. The molecule has 0 aromatic heterocycles. The van der Waals surface area contributed by atoms with Crippen LogP contribution in [0.5, 0.6) is 0 Å². The highest BCUT2D eigenvalue weighted by Crippen LogP contribution is 2.31. The first-order chi connectivity index (χ1) is 13.6. The van der Waals surface area contributed by atoms with E-state index in [1.807, 2.05) is 0 Å². The van der Waals surface area contributed by atoms with Crippen molar-refractivity contribution in [3.05, 3.63) is 64.2 Å². The molecule has 2 aromatic rings. The summed E-state index contributed by atoms with van der Waals surface area (Å²) in [6.07, 6.45) is -1.55. The van der Waals surface area contributed by atoms with E-state index in [0.29, 0.717) is 11.6 Å². The monoisotopic (exact) mass is 423 g/mol. The number of nitro benzene ring substituents is 1. The smallest absolute Gasteiger partial charge is 0.414 e. The molecule has 0 spiro atoms. The molecule has 11 nitrogen and oxygen atoms in total. The summed E-state index contributed by atoms with van der Waals surface area (Å²) in [6, 6.07) is 11.3. The third-order valence-electron chi connectivity index (χ3n) is 3.74. The normalized spacial score (nSPS) is 10.9. The van der Waals surface area contributed by atoms with Crippen molar-refractivity contribution in [2.24, 2.45) is 5.14 Å². The average molecular weight is 423 g/mol. The zero-order chi connectivity index (χ0) is 21.6. The zero-order valence-electron chi connectivity index (χ0n) is 14.9. The Bertz CT molecular complexity index is 1020. The van der Waals surface area contributed by atoms with Gasteiger partial charge in [0.2, 0.25) is 10.0 Å². The fourth-order valence-electron chi connectivity index (χ4n) is 2.37. The highest BCUT2D eigenvalue weighted by Gasteiger charge is 2.28. The van der Waals surface area contributed by atoms with Gasteiger partial charge >= 0.3 is 12.1 Å². The van der Waals surface area contributed by atoms with Crippen molar-refractivity contribution in [1.29, 1.82) is 0 Å². The van der Waals surface area contributed by atoms with Crippen molar-refractivity contribution in [1.82, 2.24) is 0 Å². The molecule has 29 heavy (non-hydrogen) atoms. The first-order valence-corrected chi connectivity index (χ1v) is 9.65. The zero-order valence-corrected chi connectivity index (χ0v) is 15.7. The summed E-state index contributed by atoms with van der Waals surface area (Å²) in [4.78, 5) is 34.2. The molecule has 0 aliphatic carbocycles. The minimum Gasteiger partial charge on any atom is -0.481 e. The van der Waals surface area contributed by atoms with Crippen LogP contribution in [-0.4, -0.2) is 37.1 Å². The molecule has 0 fully saturated rings. The van der Waals surface area contributed by atoms with Crippen LogP contribution >= 0.6 is 0 Å². The van der Waals surface area contributed by atoms with Crippen LogP contribution in [0.15, 0.2) is 53.4 Å². The number of amides is 1. The molecule has 1 amide bonds. The molecule has 0 radical (unpaired) electrons. The summed E-state index contributed by atoms with van der Waals surface area (Å²) >= 11 is 0. The van der Waals surface area contributed by atoms with Gasteiger partial charge in [0.1, 0.15) is 12.3 Å². The van der Waals surface area contributed by atoms with E-state index in [1.54, 1.807) is 30.3 Å². The predicted octanol–water partition coefficient (Wildman–Crippen LogP) is 1.86. The number of carboxylic acids is 1. The van der Waals surface area contributed by atoms with Crippen molar-refractivity contribution in [3.63, 3.8) is 0 Å². The molecule has 3 N–H and O–H groups in total. The number of carboxylic acid groups (broad SMARTS) is 1. The van der Waals surface area contributed by atoms with Crippen LogP contribution in [0.3, 0.4) is 0 Å². The molecule has 0 unspecified atom stereocenters. The summed E-state index contributed by atoms with van der Waals surface area (Å²) in [7, 11) is -4.23. The van der Waals surface area contributed by atoms with Gasteiger partial charge in [0, 0.05) is 12.6 Å². The highest BCUT2D eigenvalue weighted by molar-refractivity contribution is 7.89. The van der Waals surface area contributed by atoms with E-state index in [1.165, 1.54) is 0 Å². The van der Waals surface area contributed by atoms with Gasteiger partial charge in [0.25, 0.3) is 5.69 Å². The van der Waals surface area contributed by atoms with Crippen LogP contribution in [0.25, 0.3) is 0 Å². The second kappa shape index (κ2) is 9.12. The number of ether oxygens (including phenoxy) is 1. The summed E-state index contributed by atoms with van der Waals surface area (Å²) in [5.41, 5.74) is -0.404. The molecule has 0 atom stereocenters. The van der Waals surface area contributed by atoms with Crippen LogP contribution in [-0.2, 0) is 26.2 Å². The van der Waals surface area contributed by atoms with Crippen LogP contribution in [0.2, 0.25) is 0 Å². The number of rotatable bonds is 8. The maximum absolute atomic E-state index is 12.5. The quantitative estimate of drug-likeness (QED) is 0.478. The topological polar surface area (TPSA) is 170 Å². The van der Waals surface area contributed by atoms with Crippen molar-refractivity contribution < 1.29 is 32.8 Å². The lowest BCUT2D eigenvalue weighted by Gasteiger charge is -2.21.